The maximum absolute atomic E-state index is 12.4. The molecule has 1 aromatic rings. The second kappa shape index (κ2) is 7.83. The van der Waals surface area contributed by atoms with Gasteiger partial charge in [0.2, 0.25) is 0 Å². The Morgan fingerprint density at radius 3 is 2.54 bits per heavy atom. The molecule has 3 rings (SSSR count). The standard InChI is InChI=1S/C18H20NO3S.Ta/c1-13-15-9-5-6-10-17(15)23(21,22)19-18(13)16(20)12-11-14-7-3-2-4-8-14;/h5-6,9-12,14H,2-4,7-8H2,1H3;/q-1;/b12-11+;. The topological polar surface area (TPSA) is 65.3 Å². The molecule has 127 valence electrons. The predicted octanol–water partition coefficient (Wildman–Crippen LogP) is 4.20. The summed E-state index contributed by atoms with van der Waals surface area (Å²) < 4.78 is 28.3. The van der Waals surface area contributed by atoms with E-state index >= 15 is 0 Å². The predicted molar refractivity (Wildman–Crippen MR) is 90.3 cm³/mol. The molecule has 24 heavy (non-hydrogen) atoms. The Labute approximate surface area is 159 Å². The Kier molecular flexibility index (Phi) is 6.26. The molecule has 0 N–H and O–H groups in total. The van der Waals surface area contributed by atoms with E-state index in [1.807, 2.05) is 6.08 Å². The molecule has 1 aromatic carbocycles. The fourth-order valence-electron chi connectivity index (χ4n) is 3.23. The third-order valence-electron chi connectivity index (χ3n) is 4.54. The zero-order valence-corrected chi connectivity index (χ0v) is 17.6. The number of benzene rings is 1. The fourth-order valence-corrected chi connectivity index (χ4v) is 4.54. The Morgan fingerprint density at radius 2 is 1.83 bits per heavy atom. The summed E-state index contributed by atoms with van der Waals surface area (Å²) in [5, 5.41) is 0. The summed E-state index contributed by atoms with van der Waals surface area (Å²) >= 11 is 0. The summed E-state index contributed by atoms with van der Waals surface area (Å²) in [6, 6.07) is 6.67. The number of rotatable bonds is 3. The molecule has 6 heteroatoms. The number of fused-ring (bicyclic) bond motifs is 1. The Bertz CT molecular complexity index is 790. The maximum atomic E-state index is 12.4. The van der Waals surface area contributed by atoms with Crippen molar-refractivity contribution in [1.82, 2.24) is 0 Å². The monoisotopic (exact) mass is 511 g/mol. The van der Waals surface area contributed by atoms with Gasteiger partial charge in [-0.15, -0.1) is 0 Å². The van der Waals surface area contributed by atoms with Gasteiger partial charge in [-0.25, -0.2) is 8.42 Å². The van der Waals surface area contributed by atoms with Crippen molar-refractivity contribution < 1.29 is 35.6 Å². The summed E-state index contributed by atoms with van der Waals surface area (Å²) in [5.74, 6) is 0.0900. The minimum absolute atomic E-state index is 0. The van der Waals surface area contributed by atoms with Gasteiger partial charge in [0, 0.05) is 22.4 Å². The van der Waals surface area contributed by atoms with Crippen molar-refractivity contribution >= 4 is 21.4 Å². The van der Waals surface area contributed by atoms with Crippen LogP contribution in [0.3, 0.4) is 0 Å². The van der Waals surface area contributed by atoms with Crippen molar-refractivity contribution in [3.8, 4) is 0 Å². The molecule has 0 aromatic heterocycles. The van der Waals surface area contributed by atoms with Gasteiger partial charge in [0.05, 0.1) is 4.90 Å². The number of allylic oxidation sites excluding steroid dienone is 3. The van der Waals surface area contributed by atoms with Crippen LogP contribution in [-0.4, -0.2) is 14.2 Å². The van der Waals surface area contributed by atoms with Gasteiger partial charge in [-0.1, -0.05) is 54.8 Å². The minimum atomic E-state index is -3.80. The number of ketones is 1. The zero-order chi connectivity index (χ0) is 16.4. The first-order chi connectivity index (χ1) is 11.0. The van der Waals surface area contributed by atoms with Crippen molar-refractivity contribution in [1.29, 1.82) is 0 Å². The van der Waals surface area contributed by atoms with E-state index in [1.165, 1.54) is 31.4 Å². The van der Waals surface area contributed by atoms with E-state index in [1.54, 1.807) is 25.1 Å². The quantitative estimate of drug-likeness (QED) is 0.572. The van der Waals surface area contributed by atoms with Crippen LogP contribution >= 0.6 is 0 Å². The average Bonchev–Trinajstić information content (AvgIpc) is 2.57. The Hall–Kier alpha value is -1.14. The smallest absolute Gasteiger partial charge is 0.164 e. The molecule has 1 radical (unpaired) electrons. The second-order valence-corrected chi connectivity index (χ2v) is 7.73. The van der Waals surface area contributed by atoms with Crippen LogP contribution in [0.1, 0.15) is 44.6 Å². The molecule has 4 nitrogen and oxygen atoms in total. The number of carbonyl (C=O) groups excluding carboxylic acids is 1. The summed E-state index contributed by atoms with van der Waals surface area (Å²) in [7, 11) is -3.80. The first kappa shape index (κ1) is 19.2. The molecule has 0 bridgehead atoms. The van der Waals surface area contributed by atoms with E-state index in [0.717, 1.165) is 12.8 Å². The van der Waals surface area contributed by atoms with Crippen molar-refractivity contribution in [3.63, 3.8) is 0 Å². The van der Waals surface area contributed by atoms with E-state index in [2.05, 4.69) is 4.72 Å². The van der Waals surface area contributed by atoms with Crippen molar-refractivity contribution in [2.75, 3.05) is 0 Å². The Balaban J connectivity index is 0.00000208. The van der Waals surface area contributed by atoms with Crippen LogP contribution in [0.5, 0.6) is 0 Å². The first-order valence-corrected chi connectivity index (χ1v) is 9.44. The normalized spacial score (nSPS) is 20.2. The van der Waals surface area contributed by atoms with Crippen LogP contribution in [0, 0.1) is 5.92 Å². The molecule has 1 aliphatic heterocycles. The van der Waals surface area contributed by atoms with Crippen molar-refractivity contribution in [3.05, 3.63) is 52.4 Å². The summed E-state index contributed by atoms with van der Waals surface area (Å²) in [4.78, 5) is 12.6. The minimum Gasteiger partial charge on any atom is -0.569 e. The van der Waals surface area contributed by atoms with Gasteiger partial charge in [0.1, 0.15) is 10.0 Å². The molecule has 0 unspecified atom stereocenters. The molecule has 2 aliphatic rings. The number of carbonyl (C=O) groups is 1. The van der Waals surface area contributed by atoms with Crippen molar-refractivity contribution in [2.45, 2.75) is 43.9 Å². The average molecular weight is 511 g/mol. The number of nitrogens with zero attached hydrogens (tertiary/aromatic N) is 1. The molecule has 0 atom stereocenters. The molecule has 0 amide bonds. The van der Waals surface area contributed by atoms with Gasteiger partial charge in [0.15, 0.2) is 5.78 Å². The fraction of sp³-hybridized carbons (Fsp3) is 0.389. The number of hydrogen-bond donors (Lipinski definition) is 0. The summed E-state index contributed by atoms with van der Waals surface area (Å²) in [6.45, 7) is 1.75. The van der Waals surface area contributed by atoms with Gasteiger partial charge in [-0.05, 0) is 43.4 Å². The van der Waals surface area contributed by atoms with Crippen LogP contribution in [0.15, 0.2) is 47.0 Å². The van der Waals surface area contributed by atoms with Crippen LogP contribution in [0.4, 0.5) is 0 Å². The first-order valence-electron chi connectivity index (χ1n) is 8.00. The summed E-state index contributed by atoms with van der Waals surface area (Å²) in [6.07, 6.45) is 9.26. The second-order valence-electron chi connectivity index (χ2n) is 6.16. The molecule has 1 heterocycles. The van der Waals surface area contributed by atoms with Crippen LogP contribution in [-0.2, 0) is 37.2 Å². The van der Waals surface area contributed by atoms with Gasteiger partial charge >= 0.3 is 0 Å². The van der Waals surface area contributed by atoms with Gasteiger partial charge in [-0.2, -0.15) is 0 Å². The van der Waals surface area contributed by atoms with E-state index in [9.17, 15) is 13.2 Å². The van der Waals surface area contributed by atoms with E-state index < -0.39 is 10.0 Å². The molecule has 1 saturated carbocycles. The largest absolute Gasteiger partial charge is 0.569 e. The molecular formula is C18H20NO3STa-. The Morgan fingerprint density at radius 1 is 1.17 bits per heavy atom. The van der Waals surface area contributed by atoms with Crippen LogP contribution in [0.25, 0.3) is 10.3 Å². The number of hydrogen-bond acceptors (Lipinski definition) is 3. The molecular weight excluding hydrogens is 491 g/mol. The molecule has 1 fully saturated rings. The van der Waals surface area contributed by atoms with E-state index in [-0.39, 0.29) is 38.8 Å². The van der Waals surface area contributed by atoms with E-state index in [0.29, 0.717) is 17.1 Å². The molecule has 0 spiro atoms. The maximum Gasteiger partial charge on any atom is 0.164 e. The van der Waals surface area contributed by atoms with Crippen LogP contribution < -0.4 is 0 Å². The zero-order valence-electron chi connectivity index (χ0n) is 13.6. The SMILES string of the molecule is CC1=C(C(=O)/C=C/C2CCCCC2)[N-]S(=O)(=O)c2ccccc21.[Ta]. The molecule has 1 aliphatic carbocycles. The van der Waals surface area contributed by atoms with E-state index in [4.69, 9.17) is 0 Å². The van der Waals surface area contributed by atoms with Gasteiger partial charge in [-0.3, -0.25) is 4.79 Å². The molecule has 0 saturated heterocycles. The third-order valence-corrected chi connectivity index (χ3v) is 5.87. The van der Waals surface area contributed by atoms with Gasteiger partial charge in [0.25, 0.3) is 0 Å². The van der Waals surface area contributed by atoms with Crippen LogP contribution in [0.2, 0.25) is 0 Å². The third kappa shape index (κ3) is 3.91. The number of sulfonamides is 1. The van der Waals surface area contributed by atoms with Crippen molar-refractivity contribution in [2.24, 2.45) is 5.92 Å². The summed E-state index contributed by atoms with van der Waals surface area (Å²) in [5.41, 5.74) is 1.22. The van der Waals surface area contributed by atoms with Gasteiger partial charge < -0.3 is 4.72 Å².